The minimum atomic E-state index is -4.65. The summed E-state index contributed by atoms with van der Waals surface area (Å²) in [6, 6.07) is 3.63. The number of nitrogens with two attached hydrogens (primary N) is 1. The van der Waals surface area contributed by atoms with E-state index in [4.69, 9.17) is 15.5 Å². The highest BCUT2D eigenvalue weighted by molar-refractivity contribution is 6.05. The van der Waals surface area contributed by atoms with Gasteiger partial charge in [0.2, 0.25) is 0 Å². The van der Waals surface area contributed by atoms with E-state index in [1.807, 2.05) is 6.92 Å². The Morgan fingerprint density at radius 2 is 1.82 bits per heavy atom. The quantitative estimate of drug-likeness (QED) is 0.212. The molecule has 3 heterocycles. The Morgan fingerprint density at radius 3 is 2.45 bits per heavy atom. The molecule has 0 bridgehead atoms. The molecule has 0 unspecified atom stereocenters. The number of imidazole rings is 1. The third-order valence-electron chi connectivity index (χ3n) is 8.28. The van der Waals surface area contributed by atoms with Gasteiger partial charge in [-0.3, -0.25) is 14.0 Å². The monoisotopic (exact) mass is 614 g/mol. The van der Waals surface area contributed by atoms with Crippen LogP contribution in [0, 0.1) is 11.2 Å². The predicted octanol–water partition coefficient (Wildman–Crippen LogP) is 6.11. The molecule has 4 aromatic rings. The van der Waals surface area contributed by atoms with Crippen LogP contribution in [0.1, 0.15) is 68.2 Å². The maximum absolute atomic E-state index is 16.0. The zero-order valence-electron chi connectivity index (χ0n) is 24.1. The molecule has 1 aliphatic rings. The highest BCUT2D eigenvalue weighted by Crippen LogP contribution is 2.48. The molecule has 0 radical (unpaired) electrons. The average molecular weight is 615 g/mol. The van der Waals surface area contributed by atoms with E-state index in [0.717, 1.165) is 18.3 Å². The number of fused-ring (bicyclic) bond motifs is 1. The number of nitrogens with zero attached hydrogens (tertiary/aromatic N) is 4. The van der Waals surface area contributed by atoms with Crippen molar-refractivity contribution in [1.29, 1.82) is 0 Å². The molecule has 1 saturated carbocycles. The fourth-order valence-electron chi connectivity index (χ4n) is 5.53. The van der Waals surface area contributed by atoms with Crippen LogP contribution in [0.25, 0.3) is 16.8 Å². The van der Waals surface area contributed by atoms with Gasteiger partial charge >= 0.3 is 12.1 Å². The second-order valence-electron chi connectivity index (χ2n) is 11.4. The van der Waals surface area contributed by atoms with Crippen LogP contribution < -0.4 is 15.8 Å². The summed E-state index contributed by atoms with van der Waals surface area (Å²) in [5.41, 5.74) is 3.93. The summed E-state index contributed by atoms with van der Waals surface area (Å²) in [5, 5.41) is 12.0. The highest BCUT2D eigenvalue weighted by atomic mass is 19.4. The summed E-state index contributed by atoms with van der Waals surface area (Å²) in [6.07, 6.45) is 1.21. The number of anilines is 2. The maximum Gasteiger partial charge on any atom is 0.416 e. The second-order valence-corrected chi connectivity index (χ2v) is 11.4. The lowest BCUT2D eigenvalue weighted by molar-refractivity contribution is -0.150. The van der Waals surface area contributed by atoms with E-state index >= 15 is 4.39 Å². The van der Waals surface area contributed by atoms with E-state index in [9.17, 15) is 27.9 Å². The third-order valence-corrected chi connectivity index (χ3v) is 8.28. The number of hydrogen-bond acceptors (Lipinski definition) is 7. The van der Waals surface area contributed by atoms with E-state index in [2.05, 4.69) is 15.3 Å². The Bertz CT molecular complexity index is 1760. The van der Waals surface area contributed by atoms with Crippen molar-refractivity contribution in [2.24, 2.45) is 5.41 Å². The first kappa shape index (κ1) is 30.7. The number of nitrogen functional groups attached to an aromatic ring is 1. The molecule has 0 aliphatic heterocycles. The lowest BCUT2D eigenvalue weighted by Gasteiger charge is -2.40. The standard InChI is InChI=1S/C30H30F4N6O4/c1-4-44-19-14-16(25(41)38-20-15-17(5-10-36-20)30(32,33)34)13-18(31)21(19)22-23-24(35)37-11-12-40(23)26(39-22)28(2)6-8-29(3,9-7-28)27(42)43/h5,10-15H,4,6-9H2,1-3H3,(H2,35,37)(H,42,43)(H,36,38,41)/t28-,29-. The summed E-state index contributed by atoms with van der Waals surface area (Å²) >= 11 is 0. The summed E-state index contributed by atoms with van der Waals surface area (Å²) in [7, 11) is 0. The molecule has 232 valence electrons. The van der Waals surface area contributed by atoms with Crippen molar-refractivity contribution in [3.05, 3.63) is 65.6 Å². The van der Waals surface area contributed by atoms with Crippen LogP contribution in [0.3, 0.4) is 0 Å². The van der Waals surface area contributed by atoms with Crippen molar-refractivity contribution >= 4 is 29.0 Å². The molecular weight excluding hydrogens is 584 g/mol. The molecular formula is C30H30F4N6O4. The zero-order valence-corrected chi connectivity index (χ0v) is 24.1. The van der Waals surface area contributed by atoms with Crippen LogP contribution in [0.4, 0.5) is 29.2 Å². The van der Waals surface area contributed by atoms with Crippen LogP contribution in [0.15, 0.2) is 42.9 Å². The van der Waals surface area contributed by atoms with E-state index in [0.29, 0.717) is 43.1 Å². The number of carbonyl (C=O) groups excluding carboxylic acids is 1. The van der Waals surface area contributed by atoms with Gasteiger partial charge in [0.1, 0.15) is 40.2 Å². The molecule has 1 aromatic carbocycles. The van der Waals surface area contributed by atoms with Gasteiger partial charge in [0.05, 0.1) is 23.1 Å². The molecule has 3 aromatic heterocycles. The number of hydrogen-bond donors (Lipinski definition) is 3. The van der Waals surface area contributed by atoms with Gasteiger partial charge in [-0.05, 0) is 63.8 Å². The topological polar surface area (TPSA) is 145 Å². The molecule has 44 heavy (non-hydrogen) atoms. The molecule has 5 rings (SSSR count). The van der Waals surface area contributed by atoms with Gasteiger partial charge in [0.25, 0.3) is 5.91 Å². The van der Waals surface area contributed by atoms with Crippen LogP contribution in [-0.2, 0) is 16.4 Å². The van der Waals surface area contributed by atoms with Crippen molar-refractivity contribution in [2.45, 2.75) is 58.0 Å². The Labute approximate surface area is 249 Å². The Kier molecular flexibility index (Phi) is 7.72. The van der Waals surface area contributed by atoms with E-state index < -0.39 is 40.3 Å². The number of pyridine rings is 1. The molecule has 10 nitrogen and oxygen atoms in total. The van der Waals surface area contributed by atoms with Crippen molar-refractivity contribution in [3.63, 3.8) is 0 Å². The molecule has 1 aliphatic carbocycles. The number of aliphatic carboxylic acids is 1. The molecule has 14 heteroatoms. The second kappa shape index (κ2) is 11.1. The van der Waals surface area contributed by atoms with Crippen LogP contribution in [0.5, 0.6) is 5.75 Å². The van der Waals surface area contributed by atoms with Crippen molar-refractivity contribution in [2.75, 3.05) is 17.7 Å². The molecule has 0 spiro atoms. The van der Waals surface area contributed by atoms with Gasteiger partial charge in [0, 0.05) is 29.6 Å². The fourth-order valence-corrected chi connectivity index (χ4v) is 5.53. The largest absolute Gasteiger partial charge is 0.493 e. The number of alkyl halides is 3. The average Bonchev–Trinajstić information content (AvgIpc) is 3.36. The van der Waals surface area contributed by atoms with Gasteiger partial charge < -0.3 is 20.9 Å². The Hall–Kier alpha value is -4.75. The number of carbonyl (C=O) groups is 2. The molecule has 1 amide bonds. The predicted molar refractivity (Wildman–Crippen MR) is 153 cm³/mol. The number of aromatic nitrogens is 4. The SMILES string of the molecule is CCOc1cc(C(=O)Nc2cc(C(F)(F)F)ccn2)cc(F)c1-c1nc([C@]2(C)CC[C@@](C)(C(=O)O)CC2)n2ccnc(N)c12. The maximum atomic E-state index is 16.0. The first-order valence-electron chi connectivity index (χ1n) is 13.8. The van der Waals surface area contributed by atoms with Crippen LogP contribution in [0.2, 0.25) is 0 Å². The van der Waals surface area contributed by atoms with Crippen LogP contribution in [-0.4, -0.2) is 42.9 Å². The summed E-state index contributed by atoms with van der Waals surface area (Å²) in [5.74, 6) is -2.46. The van der Waals surface area contributed by atoms with Crippen LogP contribution >= 0.6 is 0 Å². The fraction of sp³-hybridized carbons (Fsp3) is 0.367. The normalized spacial score (nSPS) is 20.4. The van der Waals surface area contributed by atoms with E-state index in [-0.39, 0.29) is 40.8 Å². The van der Waals surface area contributed by atoms with Gasteiger partial charge in [-0.25, -0.2) is 19.3 Å². The first-order chi connectivity index (χ1) is 20.7. The summed E-state index contributed by atoms with van der Waals surface area (Å²) in [6.45, 7) is 5.44. The van der Waals surface area contributed by atoms with Crippen molar-refractivity contribution < 1.29 is 37.0 Å². The van der Waals surface area contributed by atoms with E-state index in [1.54, 1.807) is 24.4 Å². The summed E-state index contributed by atoms with van der Waals surface area (Å²) in [4.78, 5) is 37.6. The Balaban J connectivity index is 1.58. The molecule has 0 atom stereocenters. The van der Waals surface area contributed by atoms with Gasteiger partial charge in [-0.15, -0.1) is 0 Å². The lowest BCUT2D eigenvalue weighted by atomic mass is 9.65. The molecule has 4 N–H and O–H groups in total. The highest BCUT2D eigenvalue weighted by Gasteiger charge is 2.45. The Morgan fingerprint density at radius 1 is 1.11 bits per heavy atom. The minimum absolute atomic E-state index is 0.0447. The van der Waals surface area contributed by atoms with Gasteiger partial charge in [-0.1, -0.05) is 6.92 Å². The number of carboxylic acid groups (broad SMARTS) is 1. The van der Waals surface area contributed by atoms with Crippen molar-refractivity contribution in [1.82, 2.24) is 19.4 Å². The number of rotatable bonds is 7. The van der Waals surface area contributed by atoms with Gasteiger partial charge in [0.15, 0.2) is 0 Å². The van der Waals surface area contributed by atoms with Crippen molar-refractivity contribution in [3.8, 4) is 17.0 Å². The van der Waals surface area contributed by atoms with Gasteiger partial charge in [-0.2, -0.15) is 13.2 Å². The summed E-state index contributed by atoms with van der Waals surface area (Å²) < 4.78 is 62.9. The zero-order chi connectivity index (χ0) is 32.0. The number of nitrogens with one attached hydrogen (secondary N) is 1. The third kappa shape index (κ3) is 5.51. The smallest absolute Gasteiger partial charge is 0.416 e. The molecule has 1 fully saturated rings. The lowest BCUT2D eigenvalue weighted by Crippen LogP contribution is -2.39. The minimum Gasteiger partial charge on any atom is -0.493 e. The first-order valence-corrected chi connectivity index (χ1v) is 13.8. The van der Waals surface area contributed by atoms with E-state index in [1.165, 1.54) is 12.3 Å². The number of amides is 1. The number of ether oxygens (including phenoxy) is 1. The molecule has 0 saturated heterocycles. The number of halogens is 4. The number of benzene rings is 1. The number of carboxylic acids is 1.